The van der Waals surface area contributed by atoms with Crippen LogP contribution >= 0.6 is 0 Å². The first kappa shape index (κ1) is 18.9. The summed E-state index contributed by atoms with van der Waals surface area (Å²) in [5.41, 5.74) is -2.02. The van der Waals surface area contributed by atoms with Crippen molar-refractivity contribution in [3.05, 3.63) is 0 Å². The molecule has 130 valence electrons. The lowest BCUT2D eigenvalue weighted by Crippen LogP contribution is -2.60. The van der Waals surface area contributed by atoms with Crippen LogP contribution in [0.1, 0.15) is 34.1 Å². The Balaban J connectivity index is 3.33. The number of hydrogen-bond donors (Lipinski definition) is 1. The Morgan fingerprint density at radius 1 is 0.957 bits per heavy atom. The average Bonchev–Trinajstić information content (AvgIpc) is 2.81. The number of carbonyl (C=O) groups excluding carboxylic acids is 4. The second-order valence-electron chi connectivity index (χ2n) is 4.98. The molecule has 2 atom stereocenters. The van der Waals surface area contributed by atoms with Crippen molar-refractivity contribution in [3.8, 4) is 0 Å². The number of nitrogens with one attached hydrogen (secondary N) is 1. The van der Waals surface area contributed by atoms with Crippen molar-refractivity contribution < 1.29 is 33.4 Å². The third-order valence-electron chi connectivity index (χ3n) is 3.74. The molecule has 0 radical (unpaired) electrons. The van der Waals surface area contributed by atoms with E-state index in [-0.39, 0.29) is 26.2 Å². The number of esters is 3. The van der Waals surface area contributed by atoms with Crippen molar-refractivity contribution in [2.45, 2.75) is 39.7 Å². The van der Waals surface area contributed by atoms with E-state index in [1.807, 2.05) is 0 Å². The summed E-state index contributed by atoms with van der Waals surface area (Å²) < 4.78 is 14.8. The molecule has 0 spiro atoms. The molecule has 1 rings (SSSR count). The minimum absolute atomic E-state index is 0.0242. The fraction of sp³-hybridized carbons (Fsp3) is 0.733. The Labute approximate surface area is 134 Å². The van der Waals surface area contributed by atoms with E-state index in [4.69, 9.17) is 14.2 Å². The predicted octanol–water partition coefficient (Wildman–Crippen LogP) is 0.187. The molecular weight excluding hydrogens is 306 g/mol. The molecule has 0 aliphatic carbocycles. The fourth-order valence-corrected chi connectivity index (χ4v) is 2.82. The summed E-state index contributed by atoms with van der Waals surface area (Å²) in [4.78, 5) is 49.2. The molecule has 0 unspecified atom stereocenters. The van der Waals surface area contributed by atoms with Crippen molar-refractivity contribution in [1.82, 2.24) is 5.32 Å². The SMILES string of the molecule is CCOC(=O)[C@H]1C(=O)NC(C(=O)OCC)(C(=O)OCC)[C@H]1CC. The van der Waals surface area contributed by atoms with Crippen molar-refractivity contribution in [3.63, 3.8) is 0 Å². The van der Waals surface area contributed by atoms with Gasteiger partial charge in [0, 0.05) is 5.92 Å². The maximum atomic E-state index is 12.4. The molecule has 0 aromatic carbocycles. The lowest BCUT2D eigenvalue weighted by Gasteiger charge is -2.30. The Morgan fingerprint density at radius 2 is 1.43 bits per heavy atom. The molecule has 1 saturated heterocycles. The average molecular weight is 329 g/mol. The van der Waals surface area contributed by atoms with E-state index in [0.717, 1.165) is 0 Å². The minimum Gasteiger partial charge on any atom is -0.465 e. The Kier molecular flexibility index (Phi) is 6.53. The summed E-state index contributed by atoms with van der Waals surface area (Å²) in [6.45, 7) is 6.58. The molecule has 8 nitrogen and oxygen atoms in total. The second-order valence-corrected chi connectivity index (χ2v) is 4.98. The van der Waals surface area contributed by atoms with Crippen molar-refractivity contribution >= 4 is 23.8 Å². The molecule has 0 bridgehead atoms. The van der Waals surface area contributed by atoms with Gasteiger partial charge in [0.25, 0.3) is 0 Å². The first-order valence-electron chi connectivity index (χ1n) is 7.73. The molecule has 1 heterocycles. The van der Waals surface area contributed by atoms with E-state index in [0.29, 0.717) is 0 Å². The van der Waals surface area contributed by atoms with Gasteiger partial charge in [-0.2, -0.15) is 0 Å². The Bertz CT molecular complexity index is 470. The highest BCUT2D eigenvalue weighted by Gasteiger charge is 2.66. The van der Waals surface area contributed by atoms with Gasteiger partial charge in [0.2, 0.25) is 11.4 Å². The fourth-order valence-electron chi connectivity index (χ4n) is 2.82. The zero-order valence-electron chi connectivity index (χ0n) is 13.8. The van der Waals surface area contributed by atoms with Gasteiger partial charge in [-0.25, -0.2) is 9.59 Å². The summed E-state index contributed by atoms with van der Waals surface area (Å²) in [5.74, 6) is -5.56. The predicted molar refractivity (Wildman–Crippen MR) is 78.0 cm³/mol. The van der Waals surface area contributed by atoms with E-state index in [2.05, 4.69) is 5.32 Å². The molecule has 1 fully saturated rings. The van der Waals surface area contributed by atoms with Crippen LogP contribution in [0.2, 0.25) is 0 Å². The maximum absolute atomic E-state index is 12.4. The van der Waals surface area contributed by atoms with Crippen LogP contribution in [0.25, 0.3) is 0 Å². The summed E-state index contributed by atoms with van der Waals surface area (Å²) in [7, 11) is 0. The summed E-state index contributed by atoms with van der Waals surface area (Å²) in [6.07, 6.45) is 0.208. The van der Waals surface area contributed by atoms with E-state index >= 15 is 0 Å². The zero-order valence-corrected chi connectivity index (χ0v) is 13.8. The molecule has 0 aromatic heterocycles. The van der Waals surface area contributed by atoms with Gasteiger partial charge >= 0.3 is 17.9 Å². The lowest BCUT2D eigenvalue weighted by atomic mass is 9.78. The van der Waals surface area contributed by atoms with Crippen molar-refractivity contribution in [2.24, 2.45) is 11.8 Å². The van der Waals surface area contributed by atoms with E-state index < -0.39 is 41.2 Å². The number of hydrogen-bond acceptors (Lipinski definition) is 7. The van der Waals surface area contributed by atoms with Crippen LogP contribution in [0, 0.1) is 11.8 Å². The van der Waals surface area contributed by atoms with Gasteiger partial charge in [0.1, 0.15) is 5.92 Å². The monoisotopic (exact) mass is 329 g/mol. The number of amides is 1. The minimum atomic E-state index is -2.02. The molecule has 1 aliphatic heterocycles. The Morgan fingerprint density at radius 3 is 1.83 bits per heavy atom. The van der Waals surface area contributed by atoms with Gasteiger partial charge in [-0.05, 0) is 27.2 Å². The number of rotatable bonds is 7. The normalized spacial score (nSPS) is 22.2. The van der Waals surface area contributed by atoms with E-state index in [1.54, 1.807) is 27.7 Å². The summed E-state index contributed by atoms with van der Waals surface area (Å²) in [6, 6.07) is 0. The largest absolute Gasteiger partial charge is 0.465 e. The maximum Gasteiger partial charge on any atom is 0.344 e. The molecular formula is C15H23NO7. The first-order chi connectivity index (χ1) is 10.9. The topological polar surface area (TPSA) is 108 Å². The second kappa shape index (κ2) is 7.94. The van der Waals surface area contributed by atoms with Crippen LogP contribution in [0.5, 0.6) is 0 Å². The zero-order chi connectivity index (χ0) is 17.6. The smallest absolute Gasteiger partial charge is 0.344 e. The van der Waals surface area contributed by atoms with Gasteiger partial charge < -0.3 is 19.5 Å². The van der Waals surface area contributed by atoms with Crippen LogP contribution in [-0.4, -0.2) is 49.2 Å². The first-order valence-corrected chi connectivity index (χ1v) is 7.73. The summed E-state index contributed by atoms with van der Waals surface area (Å²) in [5, 5.41) is 2.34. The highest BCUT2D eigenvalue weighted by molar-refractivity contribution is 6.14. The molecule has 1 aliphatic rings. The van der Waals surface area contributed by atoms with Gasteiger partial charge in [-0.3, -0.25) is 9.59 Å². The summed E-state index contributed by atoms with van der Waals surface area (Å²) >= 11 is 0. The number of ether oxygens (including phenoxy) is 3. The Hall–Kier alpha value is -2.12. The lowest BCUT2D eigenvalue weighted by molar-refractivity contribution is -0.169. The third-order valence-corrected chi connectivity index (χ3v) is 3.74. The molecule has 23 heavy (non-hydrogen) atoms. The quantitative estimate of drug-likeness (QED) is 0.403. The molecule has 0 saturated carbocycles. The van der Waals surface area contributed by atoms with E-state index in [9.17, 15) is 19.2 Å². The van der Waals surface area contributed by atoms with E-state index in [1.165, 1.54) is 0 Å². The highest BCUT2D eigenvalue weighted by atomic mass is 16.6. The molecule has 1 amide bonds. The van der Waals surface area contributed by atoms with Crippen LogP contribution in [0.15, 0.2) is 0 Å². The highest BCUT2D eigenvalue weighted by Crippen LogP contribution is 2.38. The van der Waals surface area contributed by atoms with Crippen molar-refractivity contribution in [2.75, 3.05) is 19.8 Å². The van der Waals surface area contributed by atoms with Crippen molar-refractivity contribution in [1.29, 1.82) is 0 Å². The van der Waals surface area contributed by atoms with Crippen LogP contribution in [0.3, 0.4) is 0 Å². The van der Waals surface area contributed by atoms with Gasteiger partial charge in [-0.15, -0.1) is 0 Å². The van der Waals surface area contributed by atoms with Gasteiger partial charge in [0.15, 0.2) is 0 Å². The van der Waals surface area contributed by atoms with Crippen LogP contribution in [-0.2, 0) is 33.4 Å². The molecule has 0 aromatic rings. The molecule has 1 N–H and O–H groups in total. The standard InChI is InChI=1S/C15H23NO7/c1-5-9-10(12(18)21-6-2)11(17)16-15(9,13(19)22-7-3)14(20)23-8-4/h9-10H,5-8H2,1-4H3,(H,16,17)/t9-,10+/m0/s1. The third kappa shape index (κ3) is 3.30. The van der Waals surface area contributed by atoms with Crippen LogP contribution < -0.4 is 5.32 Å². The van der Waals surface area contributed by atoms with Crippen LogP contribution in [0.4, 0.5) is 0 Å². The molecule has 8 heteroatoms. The van der Waals surface area contributed by atoms with Gasteiger partial charge in [-0.1, -0.05) is 6.92 Å². The van der Waals surface area contributed by atoms with Gasteiger partial charge in [0.05, 0.1) is 19.8 Å². The number of carbonyl (C=O) groups is 4.